The first-order valence-corrected chi connectivity index (χ1v) is 11.2. The van der Waals surface area contributed by atoms with Crippen LogP contribution in [0.2, 0.25) is 0 Å². The average molecular weight is 420 g/mol. The van der Waals surface area contributed by atoms with Gasteiger partial charge in [0.05, 0.1) is 25.8 Å². The van der Waals surface area contributed by atoms with Gasteiger partial charge in [-0.15, -0.1) is 0 Å². The van der Waals surface area contributed by atoms with E-state index in [9.17, 15) is 0 Å². The lowest BCUT2D eigenvalue weighted by Gasteiger charge is -2.26. The van der Waals surface area contributed by atoms with E-state index in [0.717, 1.165) is 61.8 Å². The minimum atomic E-state index is 0.821. The molecule has 0 spiro atoms. The van der Waals surface area contributed by atoms with Gasteiger partial charge < -0.3 is 14.0 Å². The Balaban J connectivity index is 1.55. The number of benzene rings is 1. The van der Waals surface area contributed by atoms with Gasteiger partial charge in [-0.2, -0.15) is 11.3 Å². The fourth-order valence-corrected chi connectivity index (χ4v) is 4.81. The first kappa shape index (κ1) is 19.3. The molecule has 5 nitrogen and oxygen atoms in total. The Kier molecular flexibility index (Phi) is 5.53. The summed E-state index contributed by atoms with van der Waals surface area (Å²) in [5.74, 6) is 0.905. The molecule has 1 aliphatic heterocycles. The van der Waals surface area contributed by atoms with Crippen molar-refractivity contribution in [3.8, 4) is 28.0 Å². The number of hydrogen-bond donors (Lipinski definition) is 0. The van der Waals surface area contributed by atoms with E-state index in [-0.39, 0.29) is 0 Å². The van der Waals surface area contributed by atoms with E-state index >= 15 is 0 Å². The first-order chi connectivity index (χ1) is 14.8. The number of nitrogens with zero attached hydrogens (tertiary/aromatic N) is 3. The van der Waals surface area contributed by atoms with Gasteiger partial charge in [0.2, 0.25) is 0 Å². The second-order valence-electron chi connectivity index (χ2n) is 7.52. The molecule has 0 bridgehead atoms. The SMILES string of the molecule is COc1cccc2c(-c3cncc(-c4ccsc4)c3)cn(CCN3CCOCC3)c12. The van der Waals surface area contributed by atoms with E-state index in [1.807, 2.05) is 18.5 Å². The Morgan fingerprint density at radius 3 is 2.73 bits per heavy atom. The molecule has 4 heterocycles. The minimum absolute atomic E-state index is 0.821. The average Bonchev–Trinajstić information content (AvgIpc) is 3.47. The molecule has 1 aromatic carbocycles. The van der Waals surface area contributed by atoms with Crippen LogP contribution in [-0.4, -0.2) is 54.4 Å². The highest BCUT2D eigenvalue weighted by Crippen LogP contribution is 2.36. The molecule has 0 atom stereocenters. The highest BCUT2D eigenvalue weighted by molar-refractivity contribution is 7.08. The maximum Gasteiger partial charge on any atom is 0.143 e. The standard InChI is InChI=1S/C24H25N3O2S/c1-28-23-4-2-3-21-22(20-13-19(14-25-15-20)18-5-12-30-17-18)16-27(24(21)23)7-6-26-8-10-29-11-9-26/h2-5,12-17H,6-11H2,1H3. The Morgan fingerprint density at radius 1 is 1.07 bits per heavy atom. The Labute approximate surface area is 180 Å². The Morgan fingerprint density at radius 2 is 1.93 bits per heavy atom. The number of pyridine rings is 1. The topological polar surface area (TPSA) is 39.5 Å². The normalized spacial score (nSPS) is 15.0. The van der Waals surface area contributed by atoms with Crippen LogP contribution in [0.4, 0.5) is 0 Å². The fourth-order valence-electron chi connectivity index (χ4n) is 4.14. The van der Waals surface area contributed by atoms with Crippen molar-refractivity contribution in [3.05, 3.63) is 59.7 Å². The summed E-state index contributed by atoms with van der Waals surface area (Å²) in [5, 5.41) is 5.46. The quantitative estimate of drug-likeness (QED) is 0.451. The largest absolute Gasteiger partial charge is 0.495 e. The zero-order valence-electron chi connectivity index (χ0n) is 17.1. The second-order valence-corrected chi connectivity index (χ2v) is 8.30. The molecule has 4 aromatic rings. The molecule has 6 heteroatoms. The van der Waals surface area contributed by atoms with Crippen LogP contribution in [0, 0.1) is 0 Å². The smallest absolute Gasteiger partial charge is 0.143 e. The number of aromatic nitrogens is 2. The van der Waals surface area contributed by atoms with Crippen LogP contribution in [0.1, 0.15) is 0 Å². The van der Waals surface area contributed by atoms with Crippen molar-refractivity contribution in [3.63, 3.8) is 0 Å². The van der Waals surface area contributed by atoms with E-state index in [0.29, 0.717) is 0 Å². The number of para-hydroxylation sites is 1. The van der Waals surface area contributed by atoms with Gasteiger partial charge in [-0.1, -0.05) is 12.1 Å². The van der Waals surface area contributed by atoms with Gasteiger partial charge in [-0.25, -0.2) is 0 Å². The molecule has 30 heavy (non-hydrogen) atoms. The number of hydrogen-bond acceptors (Lipinski definition) is 5. The zero-order valence-corrected chi connectivity index (χ0v) is 17.9. The molecule has 0 aliphatic carbocycles. The van der Waals surface area contributed by atoms with Gasteiger partial charge >= 0.3 is 0 Å². The summed E-state index contributed by atoms with van der Waals surface area (Å²) >= 11 is 1.71. The van der Waals surface area contributed by atoms with Crippen LogP contribution in [0.5, 0.6) is 5.75 Å². The van der Waals surface area contributed by atoms with E-state index < -0.39 is 0 Å². The van der Waals surface area contributed by atoms with Crippen LogP contribution >= 0.6 is 11.3 Å². The number of methoxy groups -OCH3 is 1. The maximum atomic E-state index is 5.72. The summed E-state index contributed by atoms with van der Waals surface area (Å²) in [5.41, 5.74) is 5.82. The second kappa shape index (κ2) is 8.60. The van der Waals surface area contributed by atoms with Gasteiger partial charge in [-0.3, -0.25) is 9.88 Å². The number of fused-ring (bicyclic) bond motifs is 1. The fraction of sp³-hybridized carbons (Fsp3) is 0.292. The minimum Gasteiger partial charge on any atom is -0.495 e. The highest BCUT2D eigenvalue weighted by atomic mass is 32.1. The molecule has 3 aromatic heterocycles. The van der Waals surface area contributed by atoms with Crippen molar-refractivity contribution in [2.75, 3.05) is 40.0 Å². The van der Waals surface area contributed by atoms with Crippen LogP contribution in [0.25, 0.3) is 33.2 Å². The van der Waals surface area contributed by atoms with E-state index in [1.165, 1.54) is 16.5 Å². The third-order valence-electron chi connectivity index (χ3n) is 5.75. The summed E-state index contributed by atoms with van der Waals surface area (Å²) in [6.07, 6.45) is 6.14. The summed E-state index contributed by atoms with van der Waals surface area (Å²) in [7, 11) is 1.74. The van der Waals surface area contributed by atoms with Gasteiger partial charge in [0.25, 0.3) is 0 Å². The molecule has 1 fully saturated rings. The third-order valence-corrected chi connectivity index (χ3v) is 6.43. The molecular formula is C24H25N3O2S. The molecule has 0 radical (unpaired) electrons. The Hall–Kier alpha value is -2.67. The lowest BCUT2D eigenvalue weighted by molar-refractivity contribution is 0.0365. The van der Waals surface area contributed by atoms with Gasteiger partial charge in [-0.05, 0) is 34.5 Å². The van der Waals surface area contributed by atoms with Gasteiger partial charge in [0.15, 0.2) is 0 Å². The van der Waals surface area contributed by atoms with Crippen LogP contribution < -0.4 is 4.74 Å². The molecule has 0 unspecified atom stereocenters. The van der Waals surface area contributed by atoms with Crippen LogP contribution in [0.3, 0.4) is 0 Å². The molecule has 0 saturated carbocycles. The number of thiophene rings is 1. The summed E-state index contributed by atoms with van der Waals surface area (Å²) in [6, 6.07) is 10.6. The highest BCUT2D eigenvalue weighted by Gasteiger charge is 2.17. The number of rotatable bonds is 6. The molecule has 5 rings (SSSR count). The lowest BCUT2D eigenvalue weighted by Crippen LogP contribution is -2.38. The zero-order chi connectivity index (χ0) is 20.3. The molecule has 0 amide bonds. The van der Waals surface area contributed by atoms with Gasteiger partial charge in [0, 0.05) is 66.8 Å². The summed E-state index contributed by atoms with van der Waals surface area (Å²) < 4.78 is 13.5. The van der Waals surface area contributed by atoms with Crippen molar-refractivity contribution in [2.24, 2.45) is 0 Å². The van der Waals surface area contributed by atoms with E-state index in [4.69, 9.17) is 9.47 Å². The van der Waals surface area contributed by atoms with Gasteiger partial charge in [0.1, 0.15) is 5.75 Å². The third kappa shape index (κ3) is 3.74. The van der Waals surface area contributed by atoms with E-state index in [2.05, 4.69) is 55.7 Å². The monoisotopic (exact) mass is 419 g/mol. The molecule has 1 saturated heterocycles. The molecule has 154 valence electrons. The lowest BCUT2D eigenvalue weighted by atomic mass is 10.0. The number of ether oxygens (including phenoxy) is 2. The van der Waals surface area contributed by atoms with Crippen LogP contribution in [-0.2, 0) is 11.3 Å². The molecular weight excluding hydrogens is 394 g/mol. The van der Waals surface area contributed by atoms with Crippen molar-refractivity contribution < 1.29 is 9.47 Å². The van der Waals surface area contributed by atoms with Crippen molar-refractivity contribution in [2.45, 2.75) is 6.54 Å². The Bertz CT molecular complexity index is 1130. The predicted molar refractivity (Wildman–Crippen MR) is 122 cm³/mol. The van der Waals surface area contributed by atoms with E-state index in [1.54, 1.807) is 18.4 Å². The molecule has 0 N–H and O–H groups in total. The molecule has 1 aliphatic rings. The predicted octanol–water partition coefficient (Wildman–Crippen LogP) is 4.77. The van der Waals surface area contributed by atoms with Crippen molar-refractivity contribution >= 4 is 22.2 Å². The summed E-state index contributed by atoms with van der Waals surface area (Å²) in [4.78, 5) is 7.00. The van der Waals surface area contributed by atoms with Crippen LogP contribution in [0.15, 0.2) is 59.7 Å². The maximum absolute atomic E-state index is 5.72. The van der Waals surface area contributed by atoms with Crippen molar-refractivity contribution in [1.29, 1.82) is 0 Å². The first-order valence-electron chi connectivity index (χ1n) is 10.3. The number of morpholine rings is 1. The van der Waals surface area contributed by atoms with Crippen molar-refractivity contribution in [1.82, 2.24) is 14.5 Å². The summed E-state index contributed by atoms with van der Waals surface area (Å²) in [6.45, 7) is 5.54.